The van der Waals surface area contributed by atoms with Gasteiger partial charge in [0.15, 0.2) is 0 Å². The Morgan fingerprint density at radius 2 is 1.47 bits per heavy atom. The number of hydrogen-bond donors (Lipinski definition) is 1. The van der Waals surface area contributed by atoms with E-state index in [1.807, 2.05) is 74.5 Å². The molecule has 0 amide bonds. The minimum Gasteiger partial charge on any atom is -0.492 e. The van der Waals surface area contributed by atoms with Crippen LogP contribution >= 0.6 is 12.0 Å². The van der Waals surface area contributed by atoms with E-state index in [1.165, 1.54) is 0 Å². The van der Waals surface area contributed by atoms with E-state index >= 15 is 0 Å². The van der Waals surface area contributed by atoms with E-state index in [0.717, 1.165) is 34.1 Å². The number of ether oxygens (including phenoxy) is 1. The van der Waals surface area contributed by atoms with Crippen molar-refractivity contribution in [1.29, 1.82) is 0 Å². The lowest BCUT2D eigenvalue weighted by Crippen LogP contribution is -1.91. The van der Waals surface area contributed by atoms with E-state index in [2.05, 4.69) is 29.8 Å². The standard InChI is InChI=1S/C25H22N4O4S/c1-3-31-25-14-11-17(2)15-24(25)29-28-23-13-12-22(20-9-4-5-10-21(20)23)27-26-18-7-6-8-19(16-18)34-33-32-30/h4-16,30H,3H2,1-2H3. The third-order valence-electron chi connectivity index (χ3n) is 4.81. The summed E-state index contributed by atoms with van der Waals surface area (Å²) in [5.74, 6) is 0.697. The van der Waals surface area contributed by atoms with Crippen LogP contribution in [0.5, 0.6) is 5.75 Å². The van der Waals surface area contributed by atoms with E-state index in [-0.39, 0.29) is 0 Å². The minimum atomic E-state index is 0.554. The highest BCUT2D eigenvalue weighted by Gasteiger charge is 2.07. The number of aryl methyl sites for hydroxylation is 1. The fraction of sp³-hybridized carbons (Fsp3) is 0.120. The summed E-state index contributed by atoms with van der Waals surface area (Å²) in [4.78, 5) is 0.702. The average Bonchev–Trinajstić information content (AvgIpc) is 2.87. The Kier molecular flexibility index (Phi) is 7.95. The molecule has 0 aliphatic carbocycles. The average molecular weight is 475 g/mol. The van der Waals surface area contributed by atoms with Gasteiger partial charge >= 0.3 is 0 Å². The predicted octanol–water partition coefficient (Wildman–Crippen LogP) is 8.81. The summed E-state index contributed by atoms with van der Waals surface area (Å²) in [6.45, 7) is 4.50. The Morgan fingerprint density at radius 3 is 2.18 bits per heavy atom. The molecule has 0 fully saturated rings. The van der Waals surface area contributed by atoms with Gasteiger partial charge in [-0.25, -0.2) is 5.26 Å². The first-order chi connectivity index (χ1) is 16.7. The zero-order chi connectivity index (χ0) is 23.8. The zero-order valence-electron chi connectivity index (χ0n) is 18.6. The lowest BCUT2D eigenvalue weighted by molar-refractivity contribution is -0.432. The number of hydrogen-bond acceptors (Lipinski definition) is 9. The van der Waals surface area contributed by atoms with Crippen molar-refractivity contribution in [3.05, 3.63) is 84.4 Å². The first-order valence-electron chi connectivity index (χ1n) is 10.5. The Bertz CT molecular complexity index is 1340. The maximum absolute atomic E-state index is 8.32. The van der Waals surface area contributed by atoms with Gasteiger partial charge in [0.05, 0.1) is 35.7 Å². The highest BCUT2D eigenvalue weighted by molar-refractivity contribution is 7.94. The van der Waals surface area contributed by atoms with Crippen LogP contribution in [-0.4, -0.2) is 11.9 Å². The molecule has 4 aromatic rings. The van der Waals surface area contributed by atoms with Crippen LogP contribution in [0.15, 0.2) is 104 Å². The van der Waals surface area contributed by atoms with Gasteiger partial charge in [-0.3, -0.25) is 0 Å². The number of fused-ring (bicyclic) bond motifs is 1. The van der Waals surface area contributed by atoms with Gasteiger partial charge in [0.25, 0.3) is 0 Å². The Hall–Kier alpha value is -3.63. The lowest BCUT2D eigenvalue weighted by atomic mass is 10.1. The third-order valence-corrected chi connectivity index (χ3v) is 5.38. The number of azo groups is 2. The van der Waals surface area contributed by atoms with Crippen molar-refractivity contribution < 1.29 is 19.4 Å². The van der Waals surface area contributed by atoms with Crippen molar-refractivity contribution in [2.45, 2.75) is 18.7 Å². The summed E-state index contributed by atoms with van der Waals surface area (Å²) >= 11 is 0.864. The molecule has 8 nitrogen and oxygen atoms in total. The molecule has 34 heavy (non-hydrogen) atoms. The number of benzene rings is 4. The van der Waals surface area contributed by atoms with Crippen molar-refractivity contribution in [1.82, 2.24) is 0 Å². The molecule has 172 valence electrons. The highest BCUT2D eigenvalue weighted by Crippen LogP contribution is 2.37. The molecule has 0 spiro atoms. The number of rotatable bonds is 9. The quantitative estimate of drug-likeness (QED) is 0.113. The van der Waals surface area contributed by atoms with Gasteiger partial charge in [-0.1, -0.05) is 41.4 Å². The molecule has 0 aromatic heterocycles. The van der Waals surface area contributed by atoms with Crippen LogP contribution in [-0.2, 0) is 9.37 Å². The van der Waals surface area contributed by atoms with E-state index in [9.17, 15) is 0 Å². The minimum absolute atomic E-state index is 0.554. The van der Waals surface area contributed by atoms with Crippen molar-refractivity contribution >= 4 is 45.6 Å². The SMILES string of the molecule is CCOc1ccc(C)cc1N=Nc1ccc(N=Nc2cccc(SOOO)c2)c2ccccc12. The monoisotopic (exact) mass is 474 g/mol. The second-order valence-corrected chi connectivity index (χ2v) is 7.95. The van der Waals surface area contributed by atoms with Crippen molar-refractivity contribution in [2.24, 2.45) is 20.5 Å². The largest absolute Gasteiger partial charge is 0.492 e. The molecule has 0 atom stereocenters. The van der Waals surface area contributed by atoms with E-state index < -0.39 is 0 Å². The van der Waals surface area contributed by atoms with Gasteiger partial charge in [-0.05, 0) is 61.9 Å². The predicted molar refractivity (Wildman–Crippen MR) is 132 cm³/mol. The smallest absolute Gasteiger partial charge is 0.146 e. The first-order valence-corrected chi connectivity index (χ1v) is 11.3. The highest BCUT2D eigenvalue weighted by atomic mass is 32.2. The summed E-state index contributed by atoms with van der Waals surface area (Å²) in [5.41, 5.74) is 3.81. The van der Waals surface area contributed by atoms with Gasteiger partial charge in [0.1, 0.15) is 11.4 Å². The maximum Gasteiger partial charge on any atom is 0.146 e. The molecule has 0 saturated carbocycles. The summed E-state index contributed by atoms with van der Waals surface area (Å²) in [5, 5.41) is 31.5. The van der Waals surface area contributed by atoms with Crippen LogP contribution < -0.4 is 4.74 Å². The Balaban J connectivity index is 1.64. The van der Waals surface area contributed by atoms with Crippen molar-refractivity contribution in [3.63, 3.8) is 0 Å². The van der Waals surface area contributed by atoms with Gasteiger partial charge in [-0.15, -0.1) is 19.7 Å². The fourth-order valence-electron chi connectivity index (χ4n) is 3.30. The van der Waals surface area contributed by atoms with Crippen LogP contribution in [0, 0.1) is 6.92 Å². The molecule has 0 saturated heterocycles. The molecule has 4 aromatic carbocycles. The van der Waals surface area contributed by atoms with Crippen molar-refractivity contribution in [2.75, 3.05) is 6.61 Å². The van der Waals surface area contributed by atoms with E-state index in [1.54, 1.807) is 18.2 Å². The topological polar surface area (TPSA) is 97.4 Å². The molecule has 0 unspecified atom stereocenters. The van der Waals surface area contributed by atoms with Crippen LogP contribution in [0.1, 0.15) is 12.5 Å². The van der Waals surface area contributed by atoms with Crippen molar-refractivity contribution in [3.8, 4) is 5.75 Å². The van der Waals surface area contributed by atoms with Gasteiger partial charge in [0.2, 0.25) is 0 Å². The van der Waals surface area contributed by atoms with E-state index in [4.69, 9.17) is 9.99 Å². The van der Waals surface area contributed by atoms with Crippen LogP contribution in [0.2, 0.25) is 0 Å². The summed E-state index contributed by atoms with van der Waals surface area (Å²) in [6.07, 6.45) is 0. The molecular weight excluding hydrogens is 452 g/mol. The fourth-order valence-corrected chi connectivity index (χ4v) is 3.71. The molecule has 9 heteroatoms. The van der Waals surface area contributed by atoms with Crippen LogP contribution in [0.4, 0.5) is 22.7 Å². The Morgan fingerprint density at radius 1 is 0.765 bits per heavy atom. The molecule has 0 radical (unpaired) electrons. The third kappa shape index (κ3) is 5.83. The second-order valence-electron chi connectivity index (χ2n) is 7.18. The first kappa shape index (κ1) is 23.5. The van der Waals surface area contributed by atoms with Gasteiger partial charge < -0.3 is 4.74 Å². The molecule has 0 bridgehead atoms. The normalized spacial score (nSPS) is 11.6. The Labute approximate surface area is 201 Å². The van der Waals surface area contributed by atoms with Crippen LogP contribution in [0.3, 0.4) is 0 Å². The molecular formula is C25H22N4O4S. The molecule has 0 aliphatic heterocycles. The lowest BCUT2D eigenvalue weighted by Gasteiger charge is -2.07. The summed E-state index contributed by atoms with van der Waals surface area (Å²) < 4.78 is 10.1. The number of nitrogens with zero attached hydrogens (tertiary/aromatic N) is 4. The van der Waals surface area contributed by atoms with Gasteiger partial charge in [-0.2, -0.15) is 5.11 Å². The summed E-state index contributed by atoms with van der Waals surface area (Å²) in [7, 11) is 0. The molecule has 0 aliphatic rings. The molecule has 0 heterocycles. The zero-order valence-corrected chi connectivity index (χ0v) is 19.4. The maximum atomic E-state index is 8.32. The molecule has 4 rings (SSSR count). The second kappa shape index (κ2) is 11.5. The van der Waals surface area contributed by atoms with E-state index in [0.29, 0.717) is 34.3 Å². The van der Waals surface area contributed by atoms with Gasteiger partial charge in [0, 0.05) is 15.7 Å². The molecule has 1 N–H and O–H groups in total. The van der Waals surface area contributed by atoms with Crippen LogP contribution in [0.25, 0.3) is 10.8 Å². The summed E-state index contributed by atoms with van der Waals surface area (Å²) in [6, 6.07) is 24.6.